The Morgan fingerprint density at radius 2 is 1.00 bits per heavy atom. The Hall–Kier alpha value is -0.664. The molecule has 0 unspecified atom stereocenters. The minimum absolute atomic E-state index is 1.53. The van der Waals surface area contributed by atoms with Crippen molar-refractivity contribution >= 4 is 27.3 Å². The summed E-state index contributed by atoms with van der Waals surface area (Å²) in [7, 11) is 0. The second-order valence-corrected chi connectivity index (χ2v) is 20.5. The van der Waals surface area contributed by atoms with Crippen LogP contribution in [0.5, 0.6) is 0 Å². The van der Waals surface area contributed by atoms with Gasteiger partial charge in [-0.25, -0.2) is 0 Å². The average molecular weight is 198 g/mol. The summed E-state index contributed by atoms with van der Waals surface area (Å²) in [6.07, 6.45) is -4.61. The van der Waals surface area contributed by atoms with E-state index in [1.54, 1.807) is 5.86 Å². The molecule has 68 valence electrons. The van der Waals surface area contributed by atoms with E-state index in [9.17, 15) is 0 Å². The van der Waals surface area contributed by atoms with E-state index in [1.165, 1.54) is 10.0 Å². The molecule has 0 atom stereocenters. The van der Waals surface area contributed by atoms with Gasteiger partial charge in [0.15, 0.2) is 0 Å². The van der Waals surface area contributed by atoms with Gasteiger partial charge in [-0.1, -0.05) is 0 Å². The summed E-state index contributed by atoms with van der Waals surface area (Å²) in [4.78, 5) is 0. The second kappa shape index (κ2) is 0.754. The molecule has 0 aliphatic carbocycles. The molecule has 0 aliphatic rings. The quantitative estimate of drug-likeness (QED) is 0.634. The third-order valence-electron chi connectivity index (χ3n) is 1.39. The molecule has 0 saturated heterocycles. The van der Waals surface area contributed by atoms with Gasteiger partial charge in [0, 0.05) is 0 Å². The van der Waals surface area contributed by atoms with Crippen molar-refractivity contribution in [3.8, 4) is 0 Å². The molecule has 11 heavy (non-hydrogen) atoms. The van der Waals surface area contributed by atoms with Crippen LogP contribution in [0.25, 0.3) is 0 Å². The molecule has 0 bridgehead atoms. The maximum absolute atomic E-state index is 4.61. The van der Waals surface area contributed by atoms with Crippen LogP contribution in [0.3, 0.4) is 0 Å². The van der Waals surface area contributed by atoms with Gasteiger partial charge >= 0.3 is 62.6 Å². The van der Waals surface area contributed by atoms with Crippen LogP contribution >= 0.6 is 0 Å². The van der Waals surface area contributed by atoms with Gasteiger partial charge in [-0.3, -0.25) is 0 Å². The Balaban J connectivity index is 8.45. The van der Waals surface area contributed by atoms with Crippen molar-refractivity contribution in [2.75, 3.05) is 0 Å². The van der Waals surface area contributed by atoms with Crippen LogP contribution in [-0.2, 0) is 6.27 Å². The van der Waals surface area contributed by atoms with Crippen LogP contribution in [0.2, 0.25) is 5.86 Å². The van der Waals surface area contributed by atoms with Gasteiger partial charge in [-0.15, -0.1) is 0 Å². The zero-order valence-electron chi connectivity index (χ0n) is 7.44. The maximum atomic E-state index is 3.98. The third-order valence-corrected chi connectivity index (χ3v) is 5.74. The zero-order chi connectivity index (χ0) is 9.77. The predicted octanol–water partition coefficient (Wildman–Crippen LogP) is 1.78. The Bertz CT molecular complexity index is 723. The number of hydrogen-bond donors (Lipinski definition) is 0. The topological polar surface area (TPSA) is 0 Å². The normalized spacial score (nSPS) is 26.3. The molecular formula is C10H19Co. The fourth-order valence-electron chi connectivity index (χ4n) is 0.0556. The van der Waals surface area contributed by atoms with Crippen LogP contribution in [0, 0.1) is 0 Å². The van der Waals surface area contributed by atoms with Crippen molar-refractivity contribution in [3.63, 3.8) is 0 Å². The van der Waals surface area contributed by atoms with Gasteiger partial charge in [0.05, 0.1) is 0 Å². The summed E-state index contributed by atoms with van der Waals surface area (Å²) in [6, 6.07) is 0. The zero-order valence-corrected chi connectivity index (χ0v) is 8.48. The number of hydrogen-bond acceptors (Lipinski definition) is 0. The average Bonchev–Trinajstić information content (AvgIpc) is 1.65. The summed E-state index contributed by atoms with van der Waals surface area (Å²) in [5.41, 5.74) is 19.9. The Morgan fingerprint density at radius 3 is 1.00 bits per heavy atom. The molecule has 0 aromatic heterocycles. The van der Waals surface area contributed by atoms with Crippen LogP contribution in [-0.4, -0.2) is 27.3 Å². The first-order chi connectivity index (χ1) is 4.04. The molecule has 0 rings (SSSR count). The Labute approximate surface area is 63.0 Å². The molecule has 0 radical (unpaired) electrons. The molecule has 0 heterocycles. The van der Waals surface area contributed by atoms with E-state index in [4.69, 9.17) is 0 Å². The SMILES string of the molecule is C=[CH][Co](=[CH2])(=[CH2])(=[CH2])(=[CH2])(=[CH2])([CH3])[CH]=C. The molecule has 0 fully saturated rings. The molecule has 1 heteroatoms. The number of rotatable bonds is 2. The van der Waals surface area contributed by atoms with Crippen LogP contribution in [0.15, 0.2) is 23.2 Å². The summed E-state index contributed by atoms with van der Waals surface area (Å²) < 4.78 is 0. The first-order valence-electron chi connectivity index (χ1n) is 2.71. The summed E-state index contributed by atoms with van der Waals surface area (Å²) in [6.45, 7) is 7.33. The van der Waals surface area contributed by atoms with Crippen molar-refractivity contribution in [3.05, 3.63) is 23.2 Å². The van der Waals surface area contributed by atoms with Crippen LogP contribution in [0.4, 0.5) is 0 Å². The summed E-state index contributed by atoms with van der Waals surface area (Å²) in [5.74, 6) is 1.72. The minimum atomic E-state index is -4.61. The molecular weight excluding hydrogens is 179 g/mol. The van der Waals surface area contributed by atoms with Gasteiger partial charge in [0.25, 0.3) is 0 Å². The Morgan fingerprint density at radius 1 is 0.818 bits per heavy atom. The summed E-state index contributed by atoms with van der Waals surface area (Å²) in [5, 5.41) is 3.06. The van der Waals surface area contributed by atoms with E-state index in [1.807, 2.05) is 0 Å². The van der Waals surface area contributed by atoms with E-state index in [0.717, 1.165) is 0 Å². The van der Waals surface area contributed by atoms with Crippen molar-refractivity contribution in [2.45, 2.75) is 5.86 Å². The van der Waals surface area contributed by atoms with Gasteiger partial charge in [-0.2, -0.15) is 0 Å². The molecule has 0 nitrogen and oxygen atoms in total. The van der Waals surface area contributed by atoms with Crippen molar-refractivity contribution in [1.29, 1.82) is 0 Å². The van der Waals surface area contributed by atoms with Gasteiger partial charge in [-0.05, 0) is 0 Å². The predicted molar refractivity (Wildman–Crippen MR) is 61.9 cm³/mol. The van der Waals surface area contributed by atoms with Gasteiger partial charge in [0.1, 0.15) is 0 Å². The molecule has 0 spiro atoms. The Kier molecular flexibility index (Phi) is 0.708. The fourth-order valence-corrected chi connectivity index (χ4v) is 0.229. The van der Waals surface area contributed by atoms with Crippen molar-refractivity contribution in [2.24, 2.45) is 0 Å². The van der Waals surface area contributed by atoms with E-state index in [-0.39, 0.29) is 0 Å². The second-order valence-electron chi connectivity index (χ2n) is 4.97. The van der Waals surface area contributed by atoms with Crippen molar-refractivity contribution < 1.29 is 6.27 Å². The van der Waals surface area contributed by atoms with Crippen molar-refractivity contribution in [1.82, 2.24) is 0 Å². The molecule has 0 aromatic carbocycles. The third kappa shape index (κ3) is 2.83. The van der Waals surface area contributed by atoms with E-state index in [2.05, 4.69) is 40.5 Å². The molecule has 0 aliphatic heterocycles. The fraction of sp³-hybridized carbons (Fsp3) is 0.100. The summed E-state index contributed by atoms with van der Waals surface area (Å²) >= 11 is 0. The van der Waals surface area contributed by atoms with Crippen LogP contribution in [0.1, 0.15) is 0 Å². The molecule has 0 N–H and O–H groups in total. The van der Waals surface area contributed by atoms with E-state index < -0.39 is 6.27 Å². The standard InChI is InChI=1S/2C2H3.CH3.5CH2.Co/c2*1-2;;;;;;;/h2*1H,2H2;1H3;5*1H2;. The monoisotopic (exact) mass is 198 g/mol. The first kappa shape index (κ1) is 10.3. The van der Waals surface area contributed by atoms with Gasteiger partial charge in [0.2, 0.25) is 0 Å². The van der Waals surface area contributed by atoms with E-state index in [0.29, 0.717) is 0 Å². The van der Waals surface area contributed by atoms with Gasteiger partial charge < -0.3 is 0 Å². The first-order valence-corrected chi connectivity index (χ1v) is 8.64. The molecule has 0 saturated carbocycles. The molecule has 0 amide bonds. The molecule has 0 aromatic rings. The van der Waals surface area contributed by atoms with Crippen LogP contribution < -0.4 is 0 Å². The van der Waals surface area contributed by atoms with E-state index >= 15 is 0 Å².